The van der Waals surface area contributed by atoms with Crippen molar-refractivity contribution < 1.29 is 4.74 Å². The Balaban J connectivity index is 1.81. The highest BCUT2D eigenvalue weighted by Gasteiger charge is 2.36. The van der Waals surface area contributed by atoms with Gasteiger partial charge < -0.3 is 9.30 Å². The van der Waals surface area contributed by atoms with Gasteiger partial charge in [0.05, 0.1) is 30.9 Å². The van der Waals surface area contributed by atoms with Gasteiger partial charge in [-0.05, 0) is 24.3 Å². The number of aromatic nitrogens is 2. The predicted molar refractivity (Wildman–Crippen MR) is 67.2 cm³/mol. The molecule has 1 saturated heterocycles. The average Bonchev–Trinajstić information content (AvgIpc) is 3.01. The van der Waals surface area contributed by atoms with E-state index in [0.29, 0.717) is 12.0 Å². The molecule has 0 N–H and O–H groups in total. The molecule has 2 aliphatic rings. The van der Waals surface area contributed by atoms with E-state index >= 15 is 0 Å². The number of thiophene rings is 1. The fourth-order valence-electron chi connectivity index (χ4n) is 3.08. The van der Waals surface area contributed by atoms with Crippen molar-refractivity contribution >= 4 is 11.3 Å². The summed E-state index contributed by atoms with van der Waals surface area (Å²) in [5, 5.41) is 2.19. The first kappa shape index (κ1) is 9.85. The molecule has 0 aromatic carbocycles. The van der Waals surface area contributed by atoms with Crippen LogP contribution in [-0.2, 0) is 4.74 Å². The maximum absolute atomic E-state index is 5.65. The Hall–Kier alpha value is -1.13. The van der Waals surface area contributed by atoms with E-state index in [1.165, 1.54) is 29.0 Å². The molecule has 0 aliphatic carbocycles. The Morgan fingerprint density at radius 3 is 3.35 bits per heavy atom. The first-order valence-corrected chi connectivity index (χ1v) is 7.00. The lowest BCUT2D eigenvalue weighted by Crippen LogP contribution is -2.26. The minimum atomic E-state index is 0.461. The molecule has 0 bridgehead atoms. The molecule has 4 heterocycles. The number of imidazole rings is 1. The first-order chi connectivity index (χ1) is 8.45. The van der Waals surface area contributed by atoms with Gasteiger partial charge in [-0.25, -0.2) is 4.98 Å². The van der Waals surface area contributed by atoms with Gasteiger partial charge in [0.15, 0.2) is 0 Å². The van der Waals surface area contributed by atoms with Crippen LogP contribution in [0.25, 0.3) is 11.3 Å². The molecule has 0 spiro atoms. The SMILES string of the molecule is c1cc2c(s1)C([C@H]1CCCOC1)n1cncc1-2. The van der Waals surface area contributed by atoms with Crippen molar-refractivity contribution in [1.29, 1.82) is 0 Å². The van der Waals surface area contributed by atoms with E-state index in [1.54, 1.807) is 0 Å². The second-order valence-electron chi connectivity index (χ2n) is 4.81. The fourth-order valence-corrected chi connectivity index (χ4v) is 4.17. The molecule has 0 radical (unpaired) electrons. The lowest BCUT2D eigenvalue weighted by atomic mass is 9.93. The van der Waals surface area contributed by atoms with Crippen LogP contribution in [0.15, 0.2) is 24.0 Å². The quantitative estimate of drug-likeness (QED) is 0.773. The molecule has 2 atom stereocenters. The largest absolute Gasteiger partial charge is 0.381 e. The smallest absolute Gasteiger partial charge is 0.0957 e. The molecule has 4 rings (SSSR count). The van der Waals surface area contributed by atoms with Crippen LogP contribution in [0.3, 0.4) is 0 Å². The molecule has 2 aliphatic heterocycles. The van der Waals surface area contributed by atoms with Gasteiger partial charge in [0.2, 0.25) is 0 Å². The van der Waals surface area contributed by atoms with Crippen LogP contribution in [0.4, 0.5) is 0 Å². The van der Waals surface area contributed by atoms with Gasteiger partial charge in [-0.3, -0.25) is 0 Å². The van der Waals surface area contributed by atoms with E-state index in [2.05, 4.69) is 21.0 Å². The molecule has 2 aromatic heterocycles. The van der Waals surface area contributed by atoms with Crippen LogP contribution < -0.4 is 0 Å². The second-order valence-corrected chi connectivity index (χ2v) is 5.75. The minimum Gasteiger partial charge on any atom is -0.381 e. The van der Waals surface area contributed by atoms with Gasteiger partial charge in [0.1, 0.15) is 0 Å². The number of hydrogen-bond acceptors (Lipinski definition) is 3. The third-order valence-electron chi connectivity index (χ3n) is 3.85. The maximum atomic E-state index is 5.65. The summed E-state index contributed by atoms with van der Waals surface area (Å²) in [6.45, 7) is 1.82. The Bertz CT molecular complexity index is 499. The molecule has 0 amide bonds. The Morgan fingerprint density at radius 1 is 1.47 bits per heavy atom. The van der Waals surface area contributed by atoms with Gasteiger partial charge in [-0.2, -0.15) is 0 Å². The zero-order chi connectivity index (χ0) is 11.2. The monoisotopic (exact) mass is 246 g/mol. The maximum Gasteiger partial charge on any atom is 0.0957 e. The third-order valence-corrected chi connectivity index (χ3v) is 4.84. The Morgan fingerprint density at radius 2 is 2.47 bits per heavy atom. The standard InChI is InChI=1S/C13H14N2OS/c1-2-9(7-16-4-1)12-13-10(3-5-17-13)11-6-14-8-15(11)12/h3,5-6,8-9,12H,1-2,4,7H2/t9-,12?/m0/s1. The van der Waals surface area contributed by atoms with Gasteiger partial charge in [-0.1, -0.05) is 0 Å². The lowest BCUT2D eigenvalue weighted by molar-refractivity contribution is 0.0413. The molecule has 17 heavy (non-hydrogen) atoms. The third kappa shape index (κ3) is 1.34. The summed E-state index contributed by atoms with van der Waals surface area (Å²) >= 11 is 1.87. The van der Waals surface area contributed by atoms with E-state index in [-0.39, 0.29) is 0 Å². The number of rotatable bonds is 1. The first-order valence-electron chi connectivity index (χ1n) is 6.12. The highest BCUT2D eigenvalue weighted by atomic mass is 32.1. The van der Waals surface area contributed by atoms with Crippen LogP contribution in [0.1, 0.15) is 23.8 Å². The Kier molecular flexibility index (Phi) is 2.13. The predicted octanol–water partition coefficient (Wildman–Crippen LogP) is 2.94. The molecule has 3 nitrogen and oxygen atoms in total. The lowest BCUT2D eigenvalue weighted by Gasteiger charge is -2.28. The normalized spacial score (nSPS) is 26.8. The molecular formula is C13H14N2OS. The van der Waals surface area contributed by atoms with Crippen molar-refractivity contribution in [2.24, 2.45) is 5.92 Å². The molecule has 0 saturated carbocycles. The summed E-state index contributed by atoms with van der Waals surface area (Å²) < 4.78 is 7.98. The van der Waals surface area contributed by atoms with Crippen molar-refractivity contribution in [3.05, 3.63) is 28.8 Å². The average molecular weight is 246 g/mol. The number of ether oxygens (including phenoxy) is 1. The van der Waals surface area contributed by atoms with E-state index in [0.717, 1.165) is 13.2 Å². The summed E-state index contributed by atoms with van der Waals surface area (Å²) in [6, 6.07) is 2.68. The fraction of sp³-hybridized carbons (Fsp3) is 0.462. The zero-order valence-corrected chi connectivity index (χ0v) is 10.3. The summed E-state index contributed by atoms with van der Waals surface area (Å²) in [7, 11) is 0. The van der Waals surface area contributed by atoms with Crippen LogP contribution >= 0.6 is 11.3 Å². The van der Waals surface area contributed by atoms with E-state index in [4.69, 9.17) is 4.74 Å². The van der Waals surface area contributed by atoms with E-state index in [1.807, 2.05) is 23.9 Å². The van der Waals surface area contributed by atoms with E-state index < -0.39 is 0 Å². The van der Waals surface area contributed by atoms with Crippen LogP contribution in [0, 0.1) is 5.92 Å². The summed E-state index contributed by atoms with van der Waals surface area (Å²) in [5.41, 5.74) is 2.65. The molecule has 4 heteroatoms. The van der Waals surface area contributed by atoms with Crippen molar-refractivity contribution in [2.75, 3.05) is 13.2 Å². The van der Waals surface area contributed by atoms with Crippen LogP contribution in [0.5, 0.6) is 0 Å². The number of hydrogen-bond donors (Lipinski definition) is 0. The van der Waals surface area contributed by atoms with Crippen LogP contribution in [-0.4, -0.2) is 22.8 Å². The minimum absolute atomic E-state index is 0.461. The summed E-state index contributed by atoms with van der Waals surface area (Å²) in [5.74, 6) is 0.608. The molecule has 1 unspecified atom stereocenters. The van der Waals surface area contributed by atoms with Crippen molar-refractivity contribution in [1.82, 2.24) is 9.55 Å². The highest BCUT2D eigenvalue weighted by molar-refractivity contribution is 7.10. The van der Waals surface area contributed by atoms with Crippen LogP contribution in [0.2, 0.25) is 0 Å². The zero-order valence-electron chi connectivity index (χ0n) is 9.50. The van der Waals surface area contributed by atoms with Crippen molar-refractivity contribution in [3.8, 4) is 11.3 Å². The molecular weight excluding hydrogens is 232 g/mol. The van der Waals surface area contributed by atoms with Gasteiger partial charge in [0, 0.05) is 23.0 Å². The van der Waals surface area contributed by atoms with Crippen molar-refractivity contribution in [3.63, 3.8) is 0 Å². The Labute approximate surface area is 104 Å². The molecule has 88 valence electrons. The van der Waals surface area contributed by atoms with Gasteiger partial charge in [-0.15, -0.1) is 11.3 Å². The summed E-state index contributed by atoms with van der Waals surface area (Å²) in [6.07, 6.45) is 6.40. The second kappa shape index (κ2) is 3.68. The highest BCUT2D eigenvalue weighted by Crippen LogP contribution is 2.47. The molecule has 2 aromatic rings. The number of fused-ring (bicyclic) bond motifs is 3. The summed E-state index contributed by atoms with van der Waals surface area (Å²) in [4.78, 5) is 5.79. The molecule has 1 fully saturated rings. The van der Waals surface area contributed by atoms with Gasteiger partial charge in [0.25, 0.3) is 0 Å². The number of nitrogens with zero attached hydrogens (tertiary/aromatic N) is 2. The van der Waals surface area contributed by atoms with E-state index in [9.17, 15) is 0 Å². The van der Waals surface area contributed by atoms with Gasteiger partial charge >= 0.3 is 0 Å². The topological polar surface area (TPSA) is 27.1 Å². The van der Waals surface area contributed by atoms with Crippen molar-refractivity contribution in [2.45, 2.75) is 18.9 Å².